The maximum Gasteiger partial charge on any atom is 0.251 e. The minimum Gasteiger partial charge on any atom is -0.495 e. The van der Waals surface area contributed by atoms with Crippen LogP contribution in [0.4, 0.5) is 11.4 Å². The van der Waals surface area contributed by atoms with E-state index < -0.39 is 11.8 Å². The van der Waals surface area contributed by atoms with Crippen molar-refractivity contribution in [2.75, 3.05) is 38.5 Å². The fourth-order valence-electron chi connectivity index (χ4n) is 2.52. The van der Waals surface area contributed by atoms with E-state index in [1.807, 2.05) is 0 Å². The number of carbonyl (C=O) groups is 3. The molecule has 3 amide bonds. The number of hydrogen-bond donors (Lipinski definition) is 3. The van der Waals surface area contributed by atoms with Gasteiger partial charge in [-0.25, -0.2) is 0 Å². The Labute approximate surface area is 168 Å². The molecule has 0 fully saturated rings. The molecular formula is C20H23N3O6. The molecule has 2 aromatic carbocycles. The van der Waals surface area contributed by atoms with Crippen LogP contribution in [0, 0.1) is 0 Å². The molecule has 9 heteroatoms. The third kappa shape index (κ3) is 5.86. The summed E-state index contributed by atoms with van der Waals surface area (Å²) in [6, 6.07) is 9.51. The summed E-state index contributed by atoms with van der Waals surface area (Å²) in [5, 5.41) is 7.81. The van der Waals surface area contributed by atoms with Crippen LogP contribution in [0.5, 0.6) is 17.2 Å². The first-order chi connectivity index (χ1) is 13.9. The predicted molar refractivity (Wildman–Crippen MR) is 108 cm³/mol. The SMILES string of the molecule is COc1ccc(NC(C)=O)cc1NC(=O)CNC(=O)c1ccc(OC)c(OC)c1. The molecule has 2 rings (SSSR count). The zero-order valence-electron chi connectivity index (χ0n) is 16.6. The van der Waals surface area contributed by atoms with Gasteiger partial charge in [-0.15, -0.1) is 0 Å². The van der Waals surface area contributed by atoms with E-state index in [1.54, 1.807) is 30.3 Å². The summed E-state index contributed by atoms with van der Waals surface area (Å²) in [6.45, 7) is 1.12. The van der Waals surface area contributed by atoms with Gasteiger partial charge in [0, 0.05) is 18.2 Å². The lowest BCUT2D eigenvalue weighted by molar-refractivity contribution is -0.115. The van der Waals surface area contributed by atoms with E-state index in [9.17, 15) is 14.4 Å². The fraction of sp³-hybridized carbons (Fsp3) is 0.250. The molecule has 0 saturated heterocycles. The Hall–Kier alpha value is -3.75. The van der Waals surface area contributed by atoms with Gasteiger partial charge >= 0.3 is 0 Å². The molecule has 0 bridgehead atoms. The maximum atomic E-state index is 12.3. The Balaban J connectivity index is 2.02. The van der Waals surface area contributed by atoms with Crippen molar-refractivity contribution in [2.24, 2.45) is 0 Å². The number of carbonyl (C=O) groups excluding carboxylic acids is 3. The van der Waals surface area contributed by atoms with Crippen molar-refractivity contribution in [1.29, 1.82) is 0 Å². The first kappa shape index (κ1) is 21.5. The molecule has 0 aromatic heterocycles. The number of hydrogen-bond acceptors (Lipinski definition) is 6. The number of benzene rings is 2. The number of rotatable bonds is 8. The summed E-state index contributed by atoms with van der Waals surface area (Å²) < 4.78 is 15.5. The Morgan fingerprint density at radius 3 is 2.10 bits per heavy atom. The van der Waals surface area contributed by atoms with Crippen LogP contribution in [0.15, 0.2) is 36.4 Å². The monoisotopic (exact) mass is 401 g/mol. The van der Waals surface area contributed by atoms with Gasteiger partial charge in [0.2, 0.25) is 11.8 Å². The van der Waals surface area contributed by atoms with Gasteiger partial charge in [0.25, 0.3) is 5.91 Å². The highest BCUT2D eigenvalue weighted by Crippen LogP contribution is 2.28. The van der Waals surface area contributed by atoms with Gasteiger partial charge in [0.05, 0.1) is 33.6 Å². The first-order valence-corrected chi connectivity index (χ1v) is 8.63. The van der Waals surface area contributed by atoms with E-state index in [-0.39, 0.29) is 12.5 Å². The summed E-state index contributed by atoms with van der Waals surface area (Å²) in [5.74, 6) is 0.169. The number of methoxy groups -OCH3 is 3. The van der Waals surface area contributed by atoms with Crippen molar-refractivity contribution >= 4 is 29.1 Å². The van der Waals surface area contributed by atoms with Gasteiger partial charge in [-0.05, 0) is 36.4 Å². The van der Waals surface area contributed by atoms with E-state index >= 15 is 0 Å². The molecule has 0 radical (unpaired) electrons. The van der Waals surface area contributed by atoms with Crippen LogP contribution >= 0.6 is 0 Å². The van der Waals surface area contributed by atoms with Crippen LogP contribution in [0.25, 0.3) is 0 Å². The van der Waals surface area contributed by atoms with Gasteiger partial charge in [0.15, 0.2) is 11.5 Å². The summed E-state index contributed by atoms with van der Waals surface area (Å²) in [6.07, 6.45) is 0. The maximum absolute atomic E-state index is 12.3. The smallest absolute Gasteiger partial charge is 0.251 e. The standard InChI is InChI=1S/C20H23N3O6/c1-12(24)22-14-6-8-16(27-2)15(10-14)23-19(25)11-21-20(26)13-5-7-17(28-3)18(9-13)29-4/h5-10H,11H2,1-4H3,(H,21,26)(H,22,24)(H,23,25). The first-order valence-electron chi connectivity index (χ1n) is 8.63. The molecular weight excluding hydrogens is 378 g/mol. The van der Waals surface area contributed by atoms with E-state index in [4.69, 9.17) is 14.2 Å². The van der Waals surface area contributed by atoms with Gasteiger partial charge in [-0.2, -0.15) is 0 Å². The molecule has 3 N–H and O–H groups in total. The van der Waals surface area contributed by atoms with E-state index in [0.29, 0.717) is 34.2 Å². The molecule has 0 atom stereocenters. The van der Waals surface area contributed by atoms with Crippen molar-refractivity contribution in [1.82, 2.24) is 5.32 Å². The number of ether oxygens (including phenoxy) is 3. The van der Waals surface area contributed by atoms with Crippen LogP contribution in [0.1, 0.15) is 17.3 Å². The number of nitrogens with one attached hydrogen (secondary N) is 3. The Kier molecular flexibility index (Phi) is 7.41. The Bertz CT molecular complexity index is 913. The lowest BCUT2D eigenvalue weighted by atomic mass is 10.2. The van der Waals surface area contributed by atoms with Gasteiger partial charge in [0.1, 0.15) is 5.75 Å². The van der Waals surface area contributed by atoms with E-state index in [1.165, 1.54) is 34.3 Å². The second-order valence-corrected chi connectivity index (χ2v) is 5.90. The minimum atomic E-state index is -0.461. The summed E-state index contributed by atoms with van der Waals surface area (Å²) in [5.41, 5.74) is 1.19. The zero-order chi connectivity index (χ0) is 21.4. The van der Waals surface area contributed by atoms with E-state index in [2.05, 4.69) is 16.0 Å². The molecule has 0 aliphatic carbocycles. The molecule has 2 aromatic rings. The van der Waals surface area contributed by atoms with Crippen LogP contribution in [-0.2, 0) is 9.59 Å². The van der Waals surface area contributed by atoms with E-state index in [0.717, 1.165) is 0 Å². The fourth-order valence-corrected chi connectivity index (χ4v) is 2.52. The molecule has 0 aliphatic rings. The quantitative estimate of drug-likeness (QED) is 0.624. The van der Waals surface area contributed by atoms with Gasteiger partial charge in [-0.3, -0.25) is 14.4 Å². The van der Waals surface area contributed by atoms with Crippen molar-refractivity contribution in [3.05, 3.63) is 42.0 Å². The second-order valence-electron chi connectivity index (χ2n) is 5.90. The second kappa shape index (κ2) is 9.98. The summed E-state index contributed by atoms with van der Waals surface area (Å²) in [7, 11) is 4.43. The summed E-state index contributed by atoms with van der Waals surface area (Å²) in [4.78, 5) is 35.8. The molecule has 0 unspecified atom stereocenters. The molecule has 0 saturated carbocycles. The third-order valence-electron chi connectivity index (χ3n) is 3.85. The van der Waals surface area contributed by atoms with Crippen LogP contribution in [0.2, 0.25) is 0 Å². The van der Waals surface area contributed by atoms with Crippen molar-refractivity contribution in [3.63, 3.8) is 0 Å². The summed E-state index contributed by atoms with van der Waals surface area (Å²) >= 11 is 0. The normalized spacial score (nSPS) is 9.93. The molecule has 0 heterocycles. The Morgan fingerprint density at radius 1 is 0.828 bits per heavy atom. The van der Waals surface area contributed by atoms with Crippen molar-refractivity contribution in [3.8, 4) is 17.2 Å². The highest BCUT2D eigenvalue weighted by atomic mass is 16.5. The van der Waals surface area contributed by atoms with Crippen LogP contribution in [-0.4, -0.2) is 45.6 Å². The number of amides is 3. The zero-order valence-corrected chi connectivity index (χ0v) is 16.6. The number of anilines is 2. The lowest BCUT2D eigenvalue weighted by Gasteiger charge is -2.13. The molecule has 0 aliphatic heterocycles. The molecule has 29 heavy (non-hydrogen) atoms. The largest absolute Gasteiger partial charge is 0.495 e. The molecule has 0 spiro atoms. The van der Waals surface area contributed by atoms with Gasteiger partial charge < -0.3 is 30.2 Å². The lowest BCUT2D eigenvalue weighted by Crippen LogP contribution is -2.33. The Morgan fingerprint density at radius 2 is 1.48 bits per heavy atom. The van der Waals surface area contributed by atoms with Crippen molar-refractivity contribution < 1.29 is 28.6 Å². The third-order valence-corrected chi connectivity index (χ3v) is 3.85. The van der Waals surface area contributed by atoms with Crippen LogP contribution < -0.4 is 30.2 Å². The molecule has 9 nitrogen and oxygen atoms in total. The average molecular weight is 401 g/mol. The molecule has 154 valence electrons. The topological polar surface area (TPSA) is 115 Å². The highest BCUT2D eigenvalue weighted by Gasteiger charge is 2.13. The highest BCUT2D eigenvalue weighted by molar-refractivity contribution is 6.00. The minimum absolute atomic E-state index is 0.241. The van der Waals surface area contributed by atoms with Crippen LogP contribution in [0.3, 0.4) is 0 Å². The predicted octanol–water partition coefficient (Wildman–Crippen LogP) is 2.04. The van der Waals surface area contributed by atoms with Crippen molar-refractivity contribution in [2.45, 2.75) is 6.92 Å². The average Bonchev–Trinajstić information content (AvgIpc) is 2.71. The van der Waals surface area contributed by atoms with Gasteiger partial charge in [-0.1, -0.05) is 0 Å².